The number of carbonyl (C=O) groups is 1. The average molecular weight is 407 g/mol. The second-order valence-electron chi connectivity index (χ2n) is 5.91. The van der Waals surface area contributed by atoms with E-state index in [1.807, 2.05) is 19.1 Å². The molecule has 0 bridgehead atoms. The summed E-state index contributed by atoms with van der Waals surface area (Å²) in [6.07, 6.45) is 8.50. The van der Waals surface area contributed by atoms with Crippen molar-refractivity contribution >= 4 is 27.7 Å². The Balaban J connectivity index is 2.10. The number of nitrogens with zero attached hydrogens (tertiary/aromatic N) is 2. The molecule has 1 amide bonds. The Hall–Kier alpha value is -1.99. The summed E-state index contributed by atoms with van der Waals surface area (Å²) >= 11 is 3.30. The predicted molar refractivity (Wildman–Crippen MR) is 103 cm³/mol. The number of allylic oxidation sites excluding steroid dienone is 1. The lowest BCUT2D eigenvalue weighted by Crippen LogP contribution is -2.41. The van der Waals surface area contributed by atoms with Crippen LogP contribution in [-0.2, 0) is 4.74 Å². The summed E-state index contributed by atoms with van der Waals surface area (Å²) in [7, 11) is 0. The zero-order valence-corrected chi connectivity index (χ0v) is 16.0. The molecule has 6 nitrogen and oxygen atoms in total. The summed E-state index contributed by atoms with van der Waals surface area (Å²) in [5, 5.41) is 2.85. The highest BCUT2D eigenvalue weighted by Crippen LogP contribution is 2.25. The number of nitrogens with one attached hydrogen (secondary N) is 1. The van der Waals surface area contributed by atoms with E-state index < -0.39 is 5.54 Å². The van der Waals surface area contributed by atoms with Crippen LogP contribution in [-0.4, -0.2) is 42.0 Å². The smallest absolute Gasteiger partial charge is 0.270 e. The van der Waals surface area contributed by atoms with Gasteiger partial charge in [-0.1, -0.05) is 25.2 Å². The number of rotatable bonds is 6. The van der Waals surface area contributed by atoms with Gasteiger partial charge in [-0.25, -0.2) is 4.98 Å². The molecule has 0 saturated heterocycles. The first-order valence-electron chi connectivity index (χ1n) is 8.13. The van der Waals surface area contributed by atoms with Crippen molar-refractivity contribution in [1.29, 1.82) is 0 Å². The number of nitrogens with two attached hydrogens (primary N) is 1. The summed E-state index contributed by atoms with van der Waals surface area (Å²) in [4.78, 5) is 20.8. The van der Waals surface area contributed by atoms with Gasteiger partial charge in [0.25, 0.3) is 5.91 Å². The zero-order valence-electron chi connectivity index (χ0n) is 14.5. The quantitative estimate of drug-likeness (QED) is 0.710. The maximum atomic E-state index is 12.2. The third-order valence-electron chi connectivity index (χ3n) is 3.72. The highest BCUT2D eigenvalue weighted by molar-refractivity contribution is 9.10. The Kier molecular flexibility index (Phi) is 6.90. The molecule has 2 heterocycles. The summed E-state index contributed by atoms with van der Waals surface area (Å²) in [5.74, 6) is 0.253. The molecule has 25 heavy (non-hydrogen) atoms. The number of amidine groups is 1. The number of aliphatic imine (C=N–C) groups is 1. The Morgan fingerprint density at radius 2 is 2.32 bits per heavy atom. The van der Waals surface area contributed by atoms with Gasteiger partial charge in [-0.2, -0.15) is 0 Å². The maximum absolute atomic E-state index is 12.2. The van der Waals surface area contributed by atoms with Gasteiger partial charge in [0.1, 0.15) is 23.7 Å². The third kappa shape index (κ3) is 5.51. The molecule has 1 atom stereocenters. The topological polar surface area (TPSA) is 89.6 Å². The number of carbonyl (C=O) groups excluding carboxylic acids is 1. The van der Waals surface area contributed by atoms with E-state index in [2.05, 4.69) is 44.2 Å². The molecule has 1 aliphatic heterocycles. The van der Waals surface area contributed by atoms with E-state index in [0.717, 1.165) is 16.5 Å². The molecule has 0 aromatic carbocycles. The van der Waals surface area contributed by atoms with E-state index in [4.69, 9.17) is 10.5 Å². The lowest BCUT2D eigenvalue weighted by Gasteiger charge is -2.31. The van der Waals surface area contributed by atoms with Crippen LogP contribution in [0, 0.1) is 0 Å². The number of halogens is 1. The number of ether oxygens (including phenoxy) is 1. The molecule has 0 spiro atoms. The molecule has 1 aromatic heterocycles. The van der Waals surface area contributed by atoms with Crippen LogP contribution in [0.25, 0.3) is 0 Å². The Morgan fingerprint density at radius 3 is 2.96 bits per heavy atom. The van der Waals surface area contributed by atoms with Crippen LogP contribution < -0.4 is 11.1 Å². The molecular weight excluding hydrogens is 384 g/mol. The van der Waals surface area contributed by atoms with Gasteiger partial charge >= 0.3 is 0 Å². The second kappa shape index (κ2) is 8.92. The van der Waals surface area contributed by atoms with Crippen LogP contribution in [0.1, 0.15) is 30.8 Å². The van der Waals surface area contributed by atoms with Crippen molar-refractivity contribution in [2.24, 2.45) is 10.7 Å². The van der Waals surface area contributed by atoms with Crippen molar-refractivity contribution in [2.45, 2.75) is 25.8 Å². The fourth-order valence-electron chi connectivity index (χ4n) is 2.45. The van der Waals surface area contributed by atoms with Gasteiger partial charge in [-0.15, -0.1) is 0 Å². The first-order chi connectivity index (χ1) is 11.9. The minimum atomic E-state index is -0.547. The van der Waals surface area contributed by atoms with Crippen LogP contribution in [0.15, 0.2) is 51.6 Å². The molecule has 3 N–H and O–H groups in total. The molecule has 2 rings (SSSR count). The van der Waals surface area contributed by atoms with Crippen molar-refractivity contribution in [3.63, 3.8) is 0 Å². The van der Waals surface area contributed by atoms with Gasteiger partial charge in [-0.05, 0) is 47.0 Å². The molecule has 0 aliphatic carbocycles. The standard InChI is InChI=1S/C18H23BrN4O2/c1-3-4-5-13(18(2)12-25-11-16(20)23-18)8-9-21-17(24)15-7-6-14(19)10-22-15/h4-8,10H,3,9,11-12H2,1-2H3,(H2,20,23)(H,21,24)/b5-4-,13-8+. The number of pyridine rings is 1. The van der Waals surface area contributed by atoms with E-state index in [9.17, 15) is 4.79 Å². The van der Waals surface area contributed by atoms with E-state index >= 15 is 0 Å². The molecule has 0 fully saturated rings. The molecule has 1 aromatic rings. The fourth-order valence-corrected chi connectivity index (χ4v) is 2.68. The first kappa shape index (κ1) is 19.3. The second-order valence-corrected chi connectivity index (χ2v) is 6.83. The largest absolute Gasteiger partial charge is 0.386 e. The fraction of sp³-hybridized carbons (Fsp3) is 0.389. The summed E-state index contributed by atoms with van der Waals surface area (Å²) < 4.78 is 6.36. The molecule has 1 aliphatic rings. The zero-order chi connectivity index (χ0) is 18.3. The van der Waals surface area contributed by atoms with E-state index in [0.29, 0.717) is 31.3 Å². The van der Waals surface area contributed by atoms with Crippen LogP contribution in [0.3, 0.4) is 0 Å². The number of aromatic nitrogens is 1. The number of amides is 1. The molecule has 7 heteroatoms. The molecule has 134 valence electrons. The number of hydrogen-bond acceptors (Lipinski definition) is 5. The third-order valence-corrected chi connectivity index (χ3v) is 4.19. The summed E-state index contributed by atoms with van der Waals surface area (Å²) in [6.45, 7) is 5.21. The highest BCUT2D eigenvalue weighted by Gasteiger charge is 2.30. The Morgan fingerprint density at radius 1 is 1.52 bits per heavy atom. The summed E-state index contributed by atoms with van der Waals surface area (Å²) in [5.41, 5.74) is 6.62. The molecule has 0 saturated carbocycles. The minimum absolute atomic E-state index is 0.226. The lowest BCUT2D eigenvalue weighted by molar-refractivity contribution is 0.0952. The highest BCUT2D eigenvalue weighted by atomic mass is 79.9. The van der Waals surface area contributed by atoms with Crippen molar-refractivity contribution in [1.82, 2.24) is 10.3 Å². The lowest BCUT2D eigenvalue weighted by atomic mass is 9.91. The van der Waals surface area contributed by atoms with Gasteiger partial charge in [0.05, 0.1) is 6.61 Å². The van der Waals surface area contributed by atoms with Crippen molar-refractivity contribution in [3.8, 4) is 0 Å². The van der Waals surface area contributed by atoms with Crippen LogP contribution >= 0.6 is 15.9 Å². The number of hydrogen-bond donors (Lipinski definition) is 2. The normalized spacial score (nSPS) is 21.2. The van der Waals surface area contributed by atoms with E-state index in [1.165, 1.54) is 0 Å². The van der Waals surface area contributed by atoms with E-state index in [-0.39, 0.29) is 5.91 Å². The predicted octanol–water partition coefficient (Wildman–Crippen LogP) is 2.61. The minimum Gasteiger partial charge on any atom is -0.386 e. The van der Waals surface area contributed by atoms with Gasteiger partial charge in [0.15, 0.2) is 0 Å². The SMILES string of the molecule is CC/C=C\C(=C/CNC(=O)c1ccc(Br)cn1)C1(C)COCC(N)=N1. The van der Waals surface area contributed by atoms with Crippen LogP contribution in [0.5, 0.6) is 0 Å². The van der Waals surface area contributed by atoms with Gasteiger partial charge in [-0.3, -0.25) is 9.79 Å². The van der Waals surface area contributed by atoms with E-state index in [1.54, 1.807) is 18.3 Å². The molecular formula is C18H23BrN4O2. The monoisotopic (exact) mass is 406 g/mol. The van der Waals surface area contributed by atoms with Crippen LogP contribution in [0.2, 0.25) is 0 Å². The first-order valence-corrected chi connectivity index (χ1v) is 8.93. The van der Waals surface area contributed by atoms with Crippen molar-refractivity contribution in [2.75, 3.05) is 19.8 Å². The average Bonchev–Trinajstić information content (AvgIpc) is 2.58. The van der Waals surface area contributed by atoms with Crippen molar-refractivity contribution in [3.05, 3.63) is 52.3 Å². The van der Waals surface area contributed by atoms with Crippen molar-refractivity contribution < 1.29 is 9.53 Å². The van der Waals surface area contributed by atoms with Gasteiger partial charge < -0.3 is 15.8 Å². The maximum Gasteiger partial charge on any atom is 0.270 e. The Bertz CT molecular complexity index is 698. The van der Waals surface area contributed by atoms with Gasteiger partial charge in [0, 0.05) is 17.2 Å². The Labute approximate surface area is 156 Å². The summed E-state index contributed by atoms with van der Waals surface area (Å²) in [6, 6.07) is 3.45. The molecule has 0 radical (unpaired) electrons. The van der Waals surface area contributed by atoms with Gasteiger partial charge in [0.2, 0.25) is 0 Å². The van der Waals surface area contributed by atoms with Crippen LogP contribution in [0.4, 0.5) is 0 Å². The molecule has 1 unspecified atom stereocenters.